The molecule has 1 unspecified atom stereocenters. The minimum Gasteiger partial charge on any atom is -0.386 e. The van der Waals surface area contributed by atoms with Crippen molar-refractivity contribution in [3.05, 3.63) is 39.3 Å². The van der Waals surface area contributed by atoms with Gasteiger partial charge in [-0.2, -0.15) is 5.10 Å². The summed E-state index contributed by atoms with van der Waals surface area (Å²) in [5, 5.41) is 20.3. The Morgan fingerprint density at radius 1 is 1.52 bits per heavy atom. The smallest absolute Gasteiger partial charge is 0.191 e. The summed E-state index contributed by atoms with van der Waals surface area (Å²) >= 11 is 7.41. The summed E-state index contributed by atoms with van der Waals surface area (Å²) in [5.41, 5.74) is 0.769. The Hall–Kier alpha value is -1.57. The van der Waals surface area contributed by atoms with Crippen molar-refractivity contribution >= 4 is 28.9 Å². The largest absolute Gasteiger partial charge is 0.386 e. The van der Waals surface area contributed by atoms with Gasteiger partial charge >= 0.3 is 0 Å². The molecule has 0 aliphatic carbocycles. The number of rotatable bonds is 5. The summed E-state index contributed by atoms with van der Waals surface area (Å²) in [7, 11) is 3.50. The van der Waals surface area contributed by atoms with Gasteiger partial charge in [-0.15, -0.1) is 11.3 Å². The number of hydrogen-bond acceptors (Lipinski definition) is 4. The number of guanidine groups is 1. The first-order valence-corrected chi connectivity index (χ1v) is 7.63. The molecule has 0 saturated heterocycles. The SMILES string of the molecule is CN=C(NCc1ccc(Cl)s1)NCC(O)c1cnn(C)c1. The number of nitrogens with zero attached hydrogens (tertiary/aromatic N) is 3. The van der Waals surface area contributed by atoms with Crippen molar-refractivity contribution in [2.75, 3.05) is 13.6 Å². The minimum atomic E-state index is -0.631. The van der Waals surface area contributed by atoms with Gasteiger partial charge in [-0.1, -0.05) is 11.6 Å². The van der Waals surface area contributed by atoms with Crippen molar-refractivity contribution in [3.8, 4) is 0 Å². The van der Waals surface area contributed by atoms with Crippen LogP contribution in [0.5, 0.6) is 0 Å². The maximum Gasteiger partial charge on any atom is 0.191 e. The topological polar surface area (TPSA) is 74.5 Å². The summed E-state index contributed by atoms with van der Waals surface area (Å²) in [6, 6.07) is 3.84. The first-order chi connectivity index (χ1) is 10.1. The molecule has 2 heterocycles. The lowest BCUT2D eigenvalue weighted by Gasteiger charge is -2.14. The molecule has 0 amide bonds. The molecule has 114 valence electrons. The lowest BCUT2D eigenvalue weighted by atomic mass is 10.2. The number of aromatic nitrogens is 2. The number of nitrogens with one attached hydrogen (secondary N) is 2. The predicted octanol–water partition coefficient (Wildman–Crippen LogP) is 1.53. The monoisotopic (exact) mass is 327 g/mol. The van der Waals surface area contributed by atoms with E-state index in [0.29, 0.717) is 19.0 Å². The molecule has 1 atom stereocenters. The van der Waals surface area contributed by atoms with Crippen LogP contribution in [-0.4, -0.2) is 34.4 Å². The maximum absolute atomic E-state index is 10.1. The van der Waals surface area contributed by atoms with E-state index in [2.05, 4.69) is 20.7 Å². The average Bonchev–Trinajstić information content (AvgIpc) is 3.07. The fourth-order valence-corrected chi connectivity index (χ4v) is 2.79. The van der Waals surface area contributed by atoms with Gasteiger partial charge in [-0.05, 0) is 12.1 Å². The van der Waals surface area contributed by atoms with Crippen molar-refractivity contribution in [2.45, 2.75) is 12.6 Å². The Labute approximate surface area is 132 Å². The molecule has 0 aromatic carbocycles. The van der Waals surface area contributed by atoms with Gasteiger partial charge in [0, 0.05) is 37.3 Å². The first kappa shape index (κ1) is 15.8. The van der Waals surface area contributed by atoms with E-state index in [4.69, 9.17) is 11.6 Å². The molecular formula is C13H18ClN5OS. The van der Waals surface area contributed by atoms with Crippen LogP contribution in [0.25, 0.3) is 0 Å². The van der Waals surface area contributed by atoms with Crippen molar-refractivity contribution in [1.29, 1.82) is 0 Å². The number of aliphatic hydroxyl groups is 1. The number of aliphatic hydroxyl groups excluding tert-OH is 1. The van der Waals surface area contributed by atoms with Gasteiger partial charge in [0.2, 0.25) is 0 Å². The molecule has 2 aromatic rings. The van der Waals surface area contributed by atoms with Crippen molar-refractivity contribution in [1.82, 2.24) is 20.4 Å². The van der Waals surface area contributed by atoms with E-state index < -0.39 is 6.10 Å². The van der Waals surface area contributed by atoms with Gasteiger partial charge in [0.1, 0.15) is 0 Å². The zero-order valence-electron chi connectivity index (χ0n) is 11.9. The Morgan fingerprint density at radius 3 is 2.90 bits per heavy atom. The highest BCUT2D eigenvalue weighted by atomic mass is 35.5. The van der Waals surface area contributed by atoms with Gasteiger partial charge in [0.25, 0.3) is 0 Å². The molecule has 2 aromatic heterocycles. The van der Waals surface area contributed by atoms with E-state index in [1.165, 1.54) is 11.3 Å². The third kappa shape index (κ3) is 4.73. The summed E-state index contributed by atoms with van der Waals surface area (Å²) < 4.78 is 2.42. The van der Waals surface area contributed by atoms with Crippen LogP contribution in [0.3, 0.4) is 0 Å². The van der Waals surface area contributed by atoms with Gasteiger partial charge in [0.15, 0.2) is 5.96 Å². The number of hydrogen-bond donors (Lipinski definition) is 3. The molecule has 0 aliphatic rings. The van der Waals surface area contributed by atoms with Crippen LogP contribution in [0.1, 0.15) is 16.5 Å². The van der Waals surface area contributed by atoms with E-state index in [0.717, 1.165) is 14.8 Å². The Bertz CT molecular complexity index is 609. The maximum atomic E-state index is 10.1. The number of aliphatic imine (C=N–C) groups is 1. The summed E-state index contributed by atoms with van der Waals surface area (Å²) in [6.07, 6.45) is 2.81. The third-order valence-corrected chi connectivity index (χ3v) is 4.09. The van der Waals surface area contributed by atoms with Gasteiger partial charge in [-0.3, -0.25) is 9.67 Å². The fourth-order valence-electron chi connectivity index (χ4n) is 1.76. The predicted molar refractivity (Wildman–Crippen MR) is 85.7 cm³/mol. The second kappa shape index (κ2) is 7.44. The van der Waals surface area contributed by atoms with Crippen LogP contribution in [0.4, 0.5) is 0 Å². The molecule has 8 heteroatoms. The van der Waals surface area contributed by atoms with E-state index in [-0.39, 0.29) is 0 Å². The quantitative estimate of drug-likeness (QED) is 0.575. The zero-order chi connectivity index (χ0) is 15.2. The van der Waals surface area contributed by atoms with E-state index in [1.54, 1.807) is 24.1 Å². The average molecular weight is 328 g/mol. The van der Waals surface area contributed by atoms with Crippen molar-refractivity contribution < 1.29 is 5.11 Å². The minimum absolute atomic E-state index is 0.358. The fraction of sp³-hybridized carbons (Fsp3) is 0.385. The lowest BCUT2D eigenvalue weighted by molar-refractivity contribution is 0.180. The Balaban J connectivity index is 1.80. The van der Waals surface area contributed by atoms with Crippen LogP contribution in [0.2, 0.25) is 4.34 Å². The molecule has 0 spiro atoms. The Kier molecular flexibility index (Phi) is 5.60. The van der Waals surface area contributed by atoms with Gasteiger partial charge in [0.05, 0.1) is 23.2 Å². The Morgan fingerprint density at radius 2 is 2.33 bits per heavy atom. The highest BCUT2D eigenvalue weighted by molar-refractivity contribution is 7.16. The summed E-state index contributed by atoms with van der Waals surface area (Å²) in [4.78, 5) is 5.24. The summed E-state index contributed by atoms with van der Waals surface area (Å²) in [6.45, 7) is 0.997. The van der Waals surface area contributed by atoms with Gasteiger partial charge in [-0.25, -0.2) is 0 Å². The third-order valence-electron chi connectivity index (χ3n) is 2.86. The first-order valence-electron chi connectivity index (χ1n) is 6.44. The standard InChI is InChI=1S/C13H18ClN5OS/c1-15-13(16-6-10-3-4-12(14)21-10)17-7-11(20)9-5-18-19(2)8-9/h3-5,8,11,20H,6-7H2,1-2H3,(H2,15,16,17). The molecule has 0 fully saturated rings. The molecule has 0 radical (unpaired) electrons. The molecule has 6 nitrogen and oxygen atoms in total. The summed E-state index contributed by atoms with van der Waals surface area (Å²) in [5.74, 6) is 0.627. The second-order valence-electron chi connectivity index (χ2n) is 4.48. The highest BCUT2D eigenvalue weighted by Gasteiger charge is 2.10. The van der Waals surface area contributed by atoms with Crippen LogP contribution in [-0.2, 0) is 13.6 Å². The van der Waals surface area contributed by atoms with Crippen molar-refractivity contribution in [2.24, 2.45) is 12.0 Å². The molecule has 2 rings (SSSR count). The zero-order valence-corrected chi connectivity index (χ0v) is 13.4. The molecule has 21 heavy (non-hydrogen) atoms. The van der Waals surface area contributed by atoms with Crippen LogP contribution in [0, 0.1) is 0 Å². The molecule has 0 saturated carbocycles. The van der Waals surface area contributed by atoms with E-state index >= 15 is 0 Å². The van der Waals surface area contributed by atoms with Crippen LogP contribution < -0.4 is 10.6 Å². The van der Waals surface area contributed by atoms with E-state index in [9.17, 15) is 5.11 Å². The highest BCUT2D eigenvalue weighted by Crippen LogP contribution is 2.20. The molecule has 0 aliphatic heterocycles. The van der Waals surface area contributed by atoms with Gasteiger partial charge < -0.3 is 15.7 Å². The van der Waals surface area contributed by atoms with Crippen LogP contribution in [0.15, 0.2) is 29.5 Å². The molecular weight excluding hydrogens is 310 g/mol. The molecule has 3 N–H and O–H groups in total. The normalized spacial score (nSPS) is 13.2. The second-order valence-corrected chi connectivity index (χ2v) is 6.28. The number of halogens is 1. The number of thiophene rings is 1. The van der Waals surface area contributed by atoms with Crippen LogP contribution >= 0.6 is 22.9 Å². The van der Waals surface area contributed by atoms with E-state index in [1.807, 2.05) is 19.2 Å². The molecule has 0 bridgehead atoms. The lowest BCUT2D eigenvalue weighted by Crippen LogP contribution is -2.38. The number of aryl methyl sites for hydroxylation is 1. The van der Waals surface area contributed by atoms with Crippen molar-refractivity contribution in [3.63, 3.8) is 0 Å².